The molecule has 0 unspecified atom stereocenters. The van der Waals surface area contributed by atoms with Gasteiger partial charge in [-0.15, -0.1) is 0 Å². The van der Waals surface area contributed by atoms with Crippen molar-refractivity contribution in [2.75, 3.05) is 0 Å². The number of amides is 1. The molecular formula is C16H13BrN3O5-. The molecule has 2 aromatic rings. The van der Waals surface area contributed by atoms with Gasteiger partial charge in [0.2, 0.25) is 0 Å². The summed E-state index contributed by atoms with van der Waals surface area (Å²) in [4.78, 5) is 22.0. The zero-order chi connectivity index (χ0) is 18.4. The van der Waals surface area contributed by atoms with E-state index in [0.29, 0.717) is 5.75 Å². The van der Waals surface area contributed by atoms with Crippen molar-refractivity contribution in [3.63, 3.8) is 0 Å². The van der Waals surface area contributed by atoms with Crippen molar-refractivity contribution in [1.29, 1.82) is 0 Å². The Balaban J connectivity index is 1.96. The van der Waals surface area contributed by atoms with Crippen molar-refractivity contribution in [3.8, 4) is 11.5 Å². The first-order chi connectivity index (χ1) is 11.9. The molecular weight excluding hydrogens is 394 g/mol. The lowest BCUT2D eigenvalue weighted by Gasteiger charge is -2.13. The van der Waals surface area contributed by atoms with Crippen molar-refractivity contribution >= 4 is 33.7 Å². The maximum Gasteiger partial charge on any atom is 0.280 e. The minimum atomic E-state index is -0.824. The molecule has 1 N–H and O–H groups in total. The lowest BCUT2D eigenvalue weighted by atomic mass is 10.2. The molecule has 0 aliphatic rings. The van der Waals surface area contributed by atoms with Gasteiger partial charge in [0, 0.05) is 16.6 Å². The van der Waals surface area contributed by atoms with Crippen LogP contribution in [0.3, 0.4) is 0 Å². The van der Waals surface area contributed by atoms with Crippen LogP contribution in [0, 0.1) is 10.1 Å². The molecule has 8 nitrogen and oxygen atoms in total. The van der Waals surface area contributed by atoms with Crippen LogP contribution in [-0.4, -0.2) is 23.1 Å². The van der Waals surface area contributed by atoms with Gasteiger partial charge in [-0.2, -0.15) is 5.10 Å². The van der Waals surface area contributed by atoms with Crippen molar-refractivity contribution in [3.05, 3.63) is 62.6 Å². The van der Waals surface area contributed by atoms with E-state index in [1.54, 1.807) is 31.2 Å². The predicted octanol–water partition coefficient (Wildman–Crippen LogP) is 2.35. The van der Waals surface area contributed by atoms with Crippen LogP contribution in [0.4, 0.5) is 5.69 Å². The van der Waals surface area contributed by atoms with Crippen LogP contribution < -0.4 is 15.3 Å². The maximum absolute atomic E-state index is 11.9. The molecule has 9 heteroatoms. The summed E-state index contributed by atoms with van der Waals surface area (Å²) in [5.74, 6) is -0.463. The minimum Gasteiger partial charge on any atom is -0.872 e. The molecule has 0 aliphatic carbocycles. The van der Waals surface area contributed by atoms with Crippen LogP contribution in [0.5, 0.6) is 11.5 Å². The van der Waals surface area contributed by atoms with Crippen LogP contribution in [0.25, 0.3) is 0 Å². The number of hydrazone groups is 1. The molecule has 0 spiro atoms. The van der Waals surface area contributed by atoms with E-state index in [1.165, 1.54) is 0 Å². The number of carbonyl (C=O) groups excluding carboxylic acids is 1. The Bertz CT molecular complexity index is 808. The van der Waals surface area contributed by atoms with E-state index in [9.17, 15) is 20.0 Å². The first-order valence-electron chi connectivity index (χ1n) is 7.07. The van der Waals surface area contributed by atoms with Crippen molar-refractivity contribution in [2.24, 2.45) is 5.10 Å². The number of nitro groups is 1. The lowest BCUT2D eigenvalue weighted by Crippen LogP contribution is -2.33. The third kappa shape index (κ3) is 5.28. The van der Waals surface area contributed by atoms with Crippen molar-refractivity contribution < 1.29 is 19.6 Å². The summed E-state index contributed by atoms with van der Waals surface area (Å²) in [6, 6.07) is 10.2. The second kappa shape index (κ2) is 8.25. The average molecular weight is 407 g/mol. The highest BCUT2D eigenvalue weighted by Gasteiger charge is 2.14. The number of ether oxygens (including phenoxy) is 1. The molecule has 0 aromatic heterocycles. The third-order valence-electron chi connectivity index (χ3n) is 3.08. The summed E-state index contributed by atoms with van der Waals surface area (Å²) in [5.41, 5.74) is 1.99. The Kier molecular flexibility index (Phi) is 6.07. The van der Waals surface area contributed by atoms with Gasteiger partial charge in [-0.3, -0.25) is 14.9 Å². The Labute approximate surface area is 151 Å². The molecule has 0 aliphatic heterocycles. The monoisotopic (exact) mass is 406 g/mol. The smallest absolute Gasteiger partial charge is 0.280 e. The molecule has 25 heavy (non-hydrogen) atoms. The normalized spacial score (nSPS) is 11.9. The van der Waals surface area contributed by atoms with Gasteiger partial charge in [0.05, 0.1) is 11.1 Å². The highest BCUT2D eigenvalue weighted by Crippen LogP contribution is 2.19. The summed E-state index contributed by atoms with van der Waals surface area (Å²) in [5, 5.41) is 26.0. The number of nitro benzene ring substituents is 1. The van der Waals surface area contributed by atoms with Gasteiger partial charge in [-0.25, -0.2) is 5.43 Å². The zero-order valence-electron chi connectivity index (χ0n) is 13.0. The first-order valence-corrected chi connectivity index (χ1v) is 7.86. The highest BCUT2D eigenvalue weighted by atomic mass is 79.9. The summed E-state index contributed by atoms with van der Waals surface area (Å²) in [6.07, 6.45) is 0.231. The van der Waals surface area contributed by atoms with Gasteiger partial charge in [0.15, 0.2) is 6.10 Å². The van der Waals surface area contributed by atoms with E-state index in [2.05, 4.69) is 26.5 Å². The van der Waals surface area contributed by atoms with Crippen LogP contribution >= 0.6 is 15.9 Å². The molecule has 1 atom stereocenters. The third-order valence-corrected chi connectivity index (χ3v) is 3.61. The van der Waals surface area contributed by atoms with E-state index in [1.807, 2.05) is 0 Å². The number of nitrogens with zero attached hydrogens (tertiary/aromatic N) is 2. The number of non-ortho nitro benzene ring substituents is 1. The van der Waals surface area contributed by atoms with Crippen molar-refractivity contribution in [2.45, 2.75) is 13.0 Å². The standard InChI is InChI=1S/C16H14BrN3O5/c1-10(25-14-5-2-12(17)3-6-14)16(22)19-18-9-11-8-13(20(23)24)4-7-15(11)21/h2-10,21H,1H3,(H,19,22)/p-1/b18-9+/t10-/m0/s1. The second-order valence-electron chi connectivity index (χ2n) is 4.93. The Hall–Kier alpha value is -2.94. The van der Waals surface area contributed by atoms with Gasteiger partial charge in [0.1, 0.15) is 5.75 Å². The molecule has 2 aromatic carbocycles. The molecule has 0 radical (unpaired) electrons. The van der Waals surface area contributed by atoms with E-state index < -0.39 is 22.7 Å². The SMILES string of the molecule is C[C@H](Oc1ccc(Br)cc1)C(=O)N/N=C/c1cc([N+](=O)[O-])ccc1[O-]. The Morgan fingerprint density at radius 1 is 1.32 bits per heavy atom. The number of nitrogens with one attached hydrogen (secondary N) is 1. The fourth-order valence-corrected chi connectivity index (χ4v) is 2.04. The number of halogens is 1. The number of rotatable bonds is 6. The van der Waals surface area contributed by atoms with E-state index >= 15 is 0 Å². The Morgan fingerprint density at radius 3 is 2.64 bits per heavy atom. The predicted molar refractivity (Wildman–Crippen MR) is 92.5 cm³/mol. The van der Waals surface area contributed by atoms with Crippen LogP contribution in [0.1, 0.15) is 12.5 Å². The van der Waals surface area contributed by atoms with Crippen LogP contribution in [-0.2, 0) is 4.79 Å². The number of hydrogen-bond acceptors (Lipinski definition) is 6. The first kappa shape index (κ1) is 18.4. The fraction of sp³-hybridized carbons (Fsp3) is 0.125. The molecule has 0 saturated heterocycles. The minimum absolute atomic E-state index is 0.00372. The van der Waals surface area contributed by atoms with Crippen molar-refractivity contribution in [1.82, 2.24) is 5.43 Å². The summed E-state index contributed by atoms with van der Waals surface area (Å²) in [6.45, 7) is 1.54. The highest BCUT2D eigenvalue weighted by molar-refractivity contribution is 9.10. The molecule has 2 rings (SSSR count). The van der Waals surface area contributed by atoms with Gasteiger partial charge in [-0.05, 0) is 36.8 Å². The number of hydrogen-bond donors (Lipinski definition) is 1. The molecule has 0 fully saturated rings. The maximum atomic E-state index is 11.9. The van der Waals surface area contributed by atoms with Gasteiger partial charge >= 0.3 is 0 Å². The summed E-state index contributed by atoms with van der Waals surface area (Å²) >= 11 is 3.30. The zero-order valence-corrected chi connectivity index (χ0v) is 14.6. The largest absolute Gasteiger partial charge is 0.872 e. The summed E-state index contributed by atoms with van der Waals surface area (Å²) < 4.78 is 6.33. The van der Waals surface area contributed by atoms with Gasteiger partial charge in [-0.1, -0.05) is 27.7 Å². The molecule has 0 saturated carbocycles. The molecule has 1 amide bonds. The van der Waals surface area contributed by atoms with Crippen LogP contribution in [0.15, 0.2) is 52.0 Å². The van der Waals surface area contributed by atoms with E-state index in [-0.39, 0.29) is 11.3 Å². The van der Waals surface area contributed by atoms with E-state index in [4.69, 9.17) is 4.74 Å². The number of benzene rings is 2. The number of carbonyl (C=O) groups is 1. The lowest BCUT2D eigenvalue weighted by molar-refractivity contribution is -0.385. The molecule has 130 valence electrons. The average Bonchev–Trinajstić information content (AvgIpc) is 2.58. The van der Waals surface area contributed by atoms with Gasteiger partial charge < -0.3 is 9.84 Å². The molecule has 0 heterocycles. The van der Waals surface area contributed by atoms with Crippen LogP contribution in [0.2, 0.25) is 0 Å². The topological polar surface area (TPSA) is 117 Å². The molecule has 0 bridgehead atoms. The second-order valence-corrected chi connectivity index (χ2v) is 5.84. The van der Waals surface area contributed by atoms with E-state index in [0.717, 1.165) is 28.9 Å². The Morgan fingerprint density at radius 2 is 2.00 bits per heavy atom. The van der Waals surface area contributed by atoms with Gasteiger partial charge in [0.25, 0.3) is 11.6 Å². The fourth-order valence-electron chi connectivity index (χ4n) is 1.78. The summed E-state index contributed by atoms with van der Waals surface area (Å²) in [7, 11) is 0. The quantitative estimate of drug-likeness (QED) is 0.448.